The van der Waals surface area contributed by atoms with Crippen LogP contribution in [-0.2, 0) is 6.42 Å². The van der Waals surface area contributed by atoms with Crippen molar-refractivity contribution in [1.82, 2.24) is 0 Å². The minimum Gasteiger partial charge on any atom is -0.327 e. The summed E-state index contributed by atoms with van der Waals surface area (Å²) in [7, 11) is 0. The monoisotopic (exact) mass is 237 g/mol. The highest BCUT2D eigenvalue weighted by atomic mass is 32.2. The van der Waals surface area contributed by atoms with Gasteiger partial charge in [0, 0.05) is 6.04 Å². The molecule has 1 unspecified atom stereocenters. The second-order valence-corrected chi connectivity index (χ2v) is 5.62. The van der Waals surface area contributed by atoms with Crippen molar-refractivity contribution < 1.29 is 0 Å². The Morgan fingerprint density at radius 2 is 2.06 bits per heavy atom. The van der Waals surface area contributed by atoms with Gasteiger partial charge in [-0.2, -0.15) is 11.8 Å². The Morgan fingerprint density at radius 3 is 2.75 bits per heavy atom. The van der Waals surface area contributed by atoms with Gasteiger partial charge in [-0.1, -0.05) is 31.2 Å². The maximum absolute atomic E-state index is 6.15. The smallest absolute Gasteiger partial charge is 0.00797 e. The number of benzene rings is 1. The number of aryl methyl sites for hydroxylation is 1. The standard InChI is InChI=1S/C14H23NS/c1-3-16-10-6-9-14(15)11-13-8-5-4-7-12(13)2/h4-5,7-8,14H,3,6,9-11,15H2,1-2H3. The second-order valence-electron chi connectivity index (χ2n) is 4.23. The van der Waals surface area contributed by atoms with Crippen LogP contribution in [0.3, 0.4) is 0 Å². The van der Waals surface area contributed by atoms with E-state index >= 15 is 0 Å². The molecule has 0 aliphatic carbocycles. The summed E-state index contributed by atoms with van der Waals surface area (Å²) < 4.78 is 0. The van der Waals surface area contributed by atoms with Crippen LogP contribution in [0.1, 0.15) is 30.9 Å². The molecule has 16 heavy (non-hydrogen) atoms. The van der Waals surface area contributed by atoms with Crippen LogP contribution >= 0.6 is 11.8 Å². The summed E-state index contributed by atoms with van der Waals surface area (Å²) in [6, 6.07) is 8.86. The fourth-order valence-corrected chi connectivity index (χ4v) is 2.48. The third kappa shape index (κ3) is 5.04. The zero-order chi connectivity index (χ0) is 11.8. The van der Waals surface area contributed by atoms with E-state index in [0.29, 0.717) is 6.04 Å². The van der Waals surface area contributed by atoms with Crippen LogP contribution in [-0.4, -0.2) is 17.5 Å². The molecule has 0 radical (unpaired) electrons. The summed E-state index contributed by atoms with van der Waals surface area (Å²) in [5.74, 6) is 2.46. The van der Waals surface area contributed by atoms with Crippen LogP contribution in [0.25, 0.3) is 0 Å². The van der Waals surface area contributed by atoms with Gasteiger partial charge in [0.1, 0.15) is 0 Å². The molecule has 0 bridgehead atoms. The molecule has 0 saturated heterocycles. The maximum Gasteiger partial charge on any atom is 0.00797 e. The molecule has 2 heteroatoms. The van der Waals surface area contributed by atoms with E-state index < -0.39 is 0 Å². The number of rotatable bonds is 7. The fraction of sp³-hybridized carbons (Fsp3) is 0.571. The Kier molecular flexibility index (Phi) is 6.58. The highest BCUT2D eigenvalue weighted by Gasteiger charge is 2.05. The topological polar surface area (TPSA) is 26.0 Å². The van der Waals surface area contributed by atoms with E-state index in [1.54, 1.807) is 0 Å². The lowest BCUT2D eigenvalue weighted by Crippen LogP contribution is -2.23. The Morgan fingerprint density at radius 1 is 1.31 bits per heavy atom. The molecule has 1 atom stereocenters. The van der Waals surface area contributed by atoms with E-state index in [1.165, 1.54) is 29.1 Å². The first-order valence-corrected chi connectivity index (χ1v) is 7.27. The Hall–Kier alpha value is -0.470. The van der Waals surface area contributed by atoms with Crippen molar-refractivity contribution in [3.05, 3.63) is 35.4 Å². The molecule has 0 saturated carbocycles. The van der Waals surface area contributed by atoms with E-state index in [1.807, 2.05) is 11.8 Å². The summed E-state index contributed by atoms with van der Waals surface area (Å²) in [6.07, 6.45) is 3.40. The first-order valence-electron chi connectivity index (χ1n) is 6.12. The molecule has 0 fully saturated rings. The van der Waals surface area contributed by atoms with Gasteiger partial charge in [0.25, 0.3) is 0 Å². The molecule has 0 aliphatic rings. The van der Waals surface area contributed by atoms with Crippen molar-refractivity contribution >= 4 is 11.8 Å². The number of hydrogen-bond donors (Lipinski definition) is 1. The van der Waals surface area contributed by atoms with Gasteiger partial charge in [0.15, 0.2) is 0 Å². The van der Waals surface area contributed by atoms with Gasteiger partial charge in [0.05, 0.1) is 0 Å². The Bertz CT molecular complexity index is 299. The van der Waals surface area contributed by atoms with Gasteiger partial charge < -0.3 is 5.73 Å². The van der Waals surface area contributed by atoms with E-state index in [-0.39, 0.29) is 0 Å². The quantitative estimate of drug-likeness (QED) is 0.736. The molecule has 90 valence electrons. The summed E-state index contributed by atoms with van der Waals surface area (Å²) in [4.78, 5) is 0. The highest BCUT2D eigenvalue weighted by molar-refractivity contribution is 7.99. The predicted molar refractivity (Wildman–Crippen MR) is 75.1 cm³/mol. The highest BCUT2D eigenvalue weighted by Crippen LogP contribution is 2.12. The van der Waals surface area contributed by atoms with Gasteiger partial charge in [-0.15, -0.1) is 0 Å². The molecular weight excluding hydrogens is 214 g/mol. The summed E-state index contributed by atoms with van der Waals surface area (Å²) >= 11 is 2.00. The minimum atomic E-state index is 0.318. The number of thioether (sulfide) groups is 1. The molecular formula is C14H23NS. The van der Waals surface area contributed by atoms with Crippen molar-refractivity contribution in [3.8, 4) is 0 Å². The van der Waals surface area contributed by atoms with Crippen molar-refractivity contribution in [2.24, 2.45) is 5.73 Å². The molecule has 0 aromatic heterocycles. The van der Waals surface area contributed by atoms with E-state index in [9.17, 15) is 0 Å². The SMILES string of the molecule is CCSCCCC(N)Cc1ccccc1C. The molecule has 0 aliphatic heterocycles. The van der Waals surface area contributed by atoms with Crippen LogP contribution in [0.4, 0.5) is 0 Å². The summed E-state index contributed by atoms with van der Waals surface area (Å²) in [5.41, 5.74) is 8.91. The molecule has 1 rings (SSSR count). The lowest BCUT2D eigenvalue weighted by Gasteiger charge is -2.13. The zero-order valence-electron chi connectivity index (χ0n) is 10.4. The lowest BCUT2D eigenvalue weighted by atomic mass is 9.99. The molecule has 0 heterocycles. The van der Waals surface area contributed by atoms with E-state index in [4.69, 9.17) is 5.73 Å². The molecule has 0 spiro atoms. The lowest BCUT2D eigenvalue weighted by molar-refractivity contribution is 0.602. The predicted octanol–water partition coefficient (Wildman–Crippen LogP) is 3.40. The molecule has 0 amide bonds. The van der Waals surface area contributed by atoms with Crippen LogP contribution in [0, 0.1) is 6.92 Å². The van der Waals surface area contributed by atoms with Crippen LogP contribution in [0.15, 0.2) is 24.3 Å². The largest absolute Gasteiger partial charge is 0.327 e. The van der Waals surface area contributed by atoms with Crippen LogP contribution < -0.4 is 5.73 Å². The van der Waals surface area contributed by atoms with Gasteiger partial charge in [-0.05, 0) is 48.8 Å². The third-order valence-electron chi connectivity index (χ3n) is 2.81. The molecule has 1 nitrogen and oxygen atoms in total. The van der Waals surface area contributed by atoms with Crippen LogP contribution in [0.2, 0.25) is 0 Å². The van der Waals surface area contributed by atoms with Crippen molar-refractivity contribution in [3.63, 3.8) is 0 Å². The second kappa shape index (κ2) is 7.75. The normalized spacial score (nSPS) is 12.7. The van der Waals surface area contributed by atoms with Crippen molar-refractivity contribution in [1.29, 1.82) is 0 Å². The van der Waals surface area contributed by atoms with E-state index in [2.05, 4.69) is 38.1 Å². The van der Waals surface area contributed by atoms with E-state index in [0.717, 1.165) is 12.8 Å². The molecule has 2 N–H and O–H groups in total. The Labute approximate surface area is 104 Å². The number of hydrogen-bond acceptors (Lipinski definition) is 2. The van der Waals surface area contributed by atoms with Crippen molar-refractivity contribution in [2.75, 3.05) is 11.5 Å². The van der Waals surface area contributed by atoms with Crippen LogP contribution in [0.5, 0.6) is 0 Å². The van der Waals surface area contributed by atoms with Gasteiger partial charge in [0.2, 0.25) is 0 Å². The third-order valence-corrected chi connectivity index (χ3v) is 3.80. The first kappa shape index (κ1) is 13.6. The molecule has 1 aromatic carbocycles. The molecule has 1 aromatic rings. The number of nitrogens with two attached hydrogens (primary N) is 1. The summed E-state index contributed by atoms with van der Waals surface area (Å²) in [5, 5.41) is 0. The summed E-state index contributed by atoms with van der Waals surface area (Å²) in [6.45, 7) is 4.37. The first-order chi connectivity index (χ1) is 7.74. The van der Waals surface area contributed by atoms with Crippen molar-refractivity contribution in [2.45, 2.75) is 39.2 Å². The average molecular weight is 237 g/mol. The van der Waals surface area contributed by atoms with Gasteiger partial charge >= 0.3 is 0 Å². The fourth-order valence-electron chi connectivity index (χ4n) is 1.82. The minimum absolute atomic E-state index is 0.318. The maximum atomic E-state index is 6.15. The Balaban J connectivity index is 2.28. The van der Waals surface area contributed by atoms with Gasteiger partial charge in [-0.3, -0.25) is 0 Å². The zero-order valence-corrected chi connectivity index (χ0v) is 11.2. The van der Waals surface area contributed by atoms with Gasteiger partial charge in [-0.25, -0.2) is 0 Å². The average Bonchev–Trinajstić information content (AvgIpc) is 2.28.